The summed E-state index contributed by atoms with van der Waals surface area (Å²) in [6, 6.07) is 12.0. The van der Waals surface area contributed by atoms with Crippen LogP contribution in [0, 0.1) is 13.8 Å². The molecule has 3 heteroatoms. The summed E-state index contributed by atoms with van der Waals surface area (Å²) >= 11 is 6.14. The first-order chi connectivity index (χ1) is 9.10. The molecule has 0 aliphatic rings. The van der Waals surface area contributed by atoms with Crippen molar-refractivity contribution in [2.75, 3.05) is 0 Å². The van der Waals surface area contributed by atoms with Gasteiger partial charge in [-0.05, 0) is 48.2 Å². The predicted molar refractivity (Wildman–Crippen MR) is 79.6 cm³/mol. The van der Waals surface area contributed by atoms with E-state index in [-0.39, 0.29) is 0 Å². The van der Waals surface area contributed by atoms with Crippen molar-refractivity contribution in [3.63, 3.8) is 0 Å². The molecule has 2 aromatic rings. The summed E-state index contributed by atoms with van der Waals surface area (Å²) in [4.78, 5) is 0. The lowest BCUT2D eigenvalue weighted by Gasteiger charge is -2.11. The van der Waals surface area contributed by atoms with E-state index in [1.807, 2.05) is 31.2 Å². The van der Waals surface area contributed by atoms with E-state index in [4.69, 9.17) is 22.1 Å². The second-order valence-electron chi connectivity index (χ2n) is 4.69. The Morgan fingerprint density at radius 1 is 1.11 bits per heavy atom. The summed E-state index contributed by atoms with van der Waals surface area (Å²) in [6.07, 6.45) is 0. The maximum absolute atomic E-state index is 6.14. The standard InChI is InChI=1S/C16H18ClNO/c1-11-3-6-16(15(17)7-11)19-10-14-5-4-13(9-18)8-12(14)2/h3-8H,9-10,18H2,1-2H3. The maximum Gasteiger partial charge on any atom is 0.138 e. The lowest BCUT2D eigenvalue weighted by Crippen LogP contribution is -2.01. The number of nitrogens with two attached hydrogens (primary N) is 1. The molecule has 0 atom stereocenters. The Kier molecular flexibility index (Phi) is 4.46. The lowest BCUT2D eigenvalue weighted by atomic mass is 10.1. The van der Waals surface area contributed by atoms with Gasteiger partial charge in [-0.15, -0.1) is 0 Å². The Balaban J connectivity index is 2.10. The lowest BCUT2D eigenvalue weighted by molar-refractivity contribution is 0.305. The van der Waals surface area contributed by atoms with E-state index in [1.165, 1.54) is 5.56 Å². The Labute approximate surface area is 119 Å². The maximum atomic E-state index is 6.14. The van der Waals surface area contributed by atoms with E-state index in [2.05, 4.69) is 19.1 Å². The molecular weight excluding hydrogens is 258 g/mol. The number of aryl methyl sites for hydroxylation is 2. The van der Waals surface area contributed by atoms with Crippen molar-refractivity contribution >= 4 is 11.6 Å². The molecule has 0 spiro atoms. The molecule has 0 aromatic heterocycles. The highest BCUT2D eigenvalue weighted by atomic mass is 35.5. The molecule has 0 fully saturated rings. The van der Waals surface area contributed by atoms with E-state index >= 15 is 0 Å². The quantitative estimate of drug-likeness (QED) is 0.915. The van der Waals surface area contributed by atoms with Crippen LogP contribution in [0.1, 0.15) is 22.3 Å². The number of ether oxygens (including phenoxy) is 1. The highest BCUT2D eigenvalue weighted by Crippen LogP contribution is 2.26. The van der Waals surface area contributed by atoms with Crippen LogP contribution in [-0.4, -0.2) is 0 Å². The van der Waals surface area contributed by atoms with E-state index in [9.17, 15) is 0 Å². The first-order valence-corrected chi connectivity index (χ1v) is 6.65. The molecule has 2 rings (SSSR count). The second-order valence-corrected chi connectivity index (χ2v) is 5.09. The van der Waals surface area contributed by atoms with Gasteiger partial charge in [0, 0.05) is 6.54 Å². The molecular formula is C16H18ClNO. The van der Waals surface area contributed by atoms with Crippen LogP contribution in [0.4, 0.5) is 0 Å². The smallest absolute Gasteiger partial charge is 0.138 e. The normalized spacial score (nSPS) is 10.5. The minimum Gasteiger partial charge on any atom is -0.487 e. The second kappa shape index (κ2) is 6.09. The Morgan fingerprint density at radius 3 is 2.53 bits per heavy atom. The molecule has 2 nitrogen and oxygen atoms in total. The van der Waals surface area contributed by atoms with Crippen molar-refractivity contribution < 1.29 is 4.74 Å². The van der Waals surface area contributed by atoms with Crippen molar-refractivity contribution in [3.8, 4) is 5.75 Å². The Hall–Kier alpha value is -1.51. The molecule has 19 heavy (non-hydrogen) atoms. The van der Waals surface area contributed by atoms with Crippen molar-refractivity contribution in [3.05, 3.63) is 63.7 Å². The number of halogens is 1. The van der Waals surface area contributed by atoms with Crippen LogP contribution in [0.15, 0.2) is 36.4 Å². The van der Waals surface area contributed by atoms with E-state index in [1.54, 1.807) is 0 Å². The Morgan fingerprint density at radius 2 is 1.89 bits per heavy atom. The summed E-state index contributed by atoms with van der Waals surface area (Å²) in [7, 11) is 0. The van der Waals surface area contributed by atoms with Gasteiger partial charge in [0.05, 0.1) is 5.02 Å². The molecule has 0 amide bonds. The summed E-state index contributed by atoms with van der Waals surface area (Å²) in [5.74, 6) is 0.717. The Bertz CT molecular complexity index is 581. The van der Waals surface area contributed by atoms with Crippen LogP contribution in [0.25, 0.3) is 0 Å². The van der Waals surface area contributed by atoms with Crippen LogP contribution in [0.5, 0.6) is 5.75 Å². The average molecular weight is 276 g/mol. The van der Waals surface area contributed by atoms with Gasteiger partial charge in [0.2, 0.25) is 0 Å². The molecule has 100 valence electrons. The van der Waals surface area contributed by atoms with Gasteiger partial charge in [-0.3, -0.25) is 0 Å². The van der Waals surface area contributed by atoms with E-state index in [0.29, 0.717) is 18.2 Å². The highest BCUT2D eigenvalue weighted by molar-refractivity contribution is 6.32. The predicted octanol–water partition coefficient (Wildman–Crippen LogP) is 3.99. The molecule has 0 heterocycles. The number of hydrogen-bond acceptors (Lipinski definition) is 2. The zero-order chi connectivity index (χ0) is 13.8. The molecule has 0 bridgehead atoms. The molecule has 0 saturated carbocycles. The van der Waals surface area contributed by atoms with Crippen LogP contribution in [0.2, 0.25) is 5.02 Å². The SMILES string of the molecule is Cc1ccc(OCc2ccc(CN)cc2C)c(Cl)c1. The molecule has 0 unspecified atom stereocenters. The number of hydrogen-bond donors (Lipinski definition) is 1. The fourth-order valence-electron chi connectivity index (χ4n) is 1.93. The van der Waals surface area contributed by atoms with Crippen molar-refractivity contribution in [2.45, 2.75) is 27.0 Å². The zero-order valence-corrected chi connectivity index (χ0v) is 12.0. The van der Waals surface area contributed by atoms with E-state index < -0.39 is 0 Å². The fourth-order valence-corrected chi connectivity index (χ4v) is 2.21. The molecule has 2 N–H and O–H groups in total. The topological polar surface area (TPSA) is 35.2 Å². The largest absolute Gasteiger partial charge is 0.487 e. The molecule has 0 aliphatic carbocycles. The molecule has 0 saturated heterocycles. The van der Waals surface area contributed by atoms with Crippen molar-refractivity contribution in [2.24, 2.45) is 5.73 Å². The van der Waals surface area contributed by atoms with Gasteiger partial charge in [-0.25, -0.2) is 0 Å². The average Bonchev–Trinajstić information content (AvgIpc) is 2.39. The number of rotatable bonds is 4. The molecule has 0 radical (unpaired) electrons. The minimum absolute atomic E-state index is 0.513. The van der Waals surface area contributed by atoms with Crippen LogP contribution >= 0.6 is 11.6 Å². The fraction of sp³-hybridized carbons (Fsp3) is 0.250. The van der Waals surface area contributed by atoms with Gasteiger partial charge in [0.25, 0.3) is 0 Å². The zero-order valence-electron chi connectivity index (χ0n) is 11.2. The van der Waals surface area contributed by atoms with Gasteiger partial charge in [0.15, 0.2) is 0 Å². The van der Waals surface area contributed by atoms with Crippen molar-refractivity contribution in [1.29, 1.82) is 0 Å². The van der Waals surface area contributed by atoms with Crippen LogP contribution < -0.4 is 10.5 Å². The van der Waals surface area contributed by atoms with Gasteiger partial charge in [-0.1, -0.05) is 35.9 Å². The minimum atomic E-state index is 0.513. The number of benzene rings is 2. The summed E-state index contributed by atoms with van der Waals surface area (Å²) in [6.45, 7) is 5.14. The van der Waals surface area contributed by atoms with Gasteiger partial charge in [0.1, 0.15) is 12.4 Å². The van der Waals surface area contributed by atoms with Gasteiger partial charge < -0.3 is 10.5 Å². The first kappa shape index (κ1) is 13.9. The summed E-state index contributed by atoms with van der Waals surface area (Å²) < 4.78 is 5.77. The van der Waals surface area contributed by atoms with Crippen LogP contribution in [0.3, 0.4) is 0 Å². The van der Waals surface area contributed by atoms with Gasteiger partial charge >= 0.3 is 0 Å². The third-order valence-electron chi connectivity index (χ3n) is 3.11. The monoisotopic (exact) mass is 275 g/mol. The third-order valence-corrected chi connectivity index (χ3v) is 3.41. The van der Waals surface area contributed by atoms with Gasteiger partial charge in [-0.2, -0.15) is 0 Å². The molecule has 0 aliphatic heterocycles. The molecule has 2 aromatic carbocycles. The van der Waals surface area contributed by atoms with Crippen LogP contribution in [-0.2, 0) is 13.2 Å². The van der Waals surface area contributed by atoms with Crippen molar-refractivity contribution in [1.82, 2.24) is 0 Å². The third kappa shape index (κ3) is 3.49. The van der Waals surface area contributed by atoms with E-state index in [0.717, 1.165) is 22.4 Å². The first-order valence-electron chi connectivity index (χ1n) is 6.27. The summed E-state index contributed by atoms with van der Waals surface area (Å²) in [5, 5.41) is 0.649. The highest BCUT2D eigenvalue weighted by Gasteiger charge is 2.04. The summed E-state index contributed by atoms with van der Waals surface area (Å²) in [5.41, 5.74) is 10.2.